The van der Waals surface area contributed by atoms with Crippen LogP contribution in [0.5, 0.6) is 0 Å². The van der Waals surface area contributed by atoms with Crippen LogP contribution in [0.1, 0.15) is 78.6 Å². The van der Waals surface area contributed by atoms with Crippen molar-refractivity contribution >= 4 is 55.2 Å². The highest BCUT2D eigenvalue weighted by Gasteiger charge is 2.67. The van der Waals surface area contributed by atoms with Crippen LogP contribution >= 0.6 is 11.6 Å². The molecule has 9 rings (SSSR count). The zero-order valence-corrected chi connectivity index (χ0v) is 35.6. The van der Waals surface area contributed by atoms with Gasteiger partial charge in [0, 0.05) is 49.0 Å². The molecule has 22 heteroatoms. The molecule has 332 valence electrons. The second-order valence-corrected chi connectivity index (χ2v) is 18.4. The second-order valence-electron chi connectivity index (χ2n) is 16.2. The molecule has 2 aliphatic rings. The number of carbonyl (C=O) groups excluding carboxylic acids is 1. The van der Waals surface area contributed by atoms with Gasteiger partial charge in [0.1, 0.15) is 35.4 Å². The Morgan fingerprint density at radius 2 is 1.72 bits per heavy atom. The number of aryl methyl sites for hydroxylation is 1. The molecule has 3 aromatic carbocycles. The molecule has 0 radical (unpaired) electrons. The molecule has 64 heavy (non-hydrogen) atoms. The first kappa shape index (κ1) is 42.9. The van der Waals surface area contributed by atoms with Crippen molar-refractivity contribution in [2.75, 3.05) is 11.0 Å². The van der Waals surface area contributed by atoms with E-state index in [2.05, 4.69) is 30.2 Å². The van der Waals surface area contributed by atoms with Crippen LogP contribution in [0.15, 0.2) is 65.7 Å². The van der Waals surface area contributed by atoms with Gasteiger partial charge < -0.3 is 5.32 Å². The molecule has 1 saturated carbocycles. The Labute approximate surface area is 364 Å². The van der Waals surface area contributed by atoms with Crippen LogP contribution in [0.25, 0.3) is 38.8 Å². The van der Waals surface area contributed by atoms with Crippen LogP contribution in [0.2, 0.25) is 5.02 Å². The smallest absolute Gasteiger partial charge is 0.293 e. The zero-order chi connectivity index (χ0) is 45.7. The topological polar surface area (TPSA) is 172 Å². The average Bonchev–Trinajstić information content (AvgIpc) is 3.75. The van der Waals surface area contributed by atoms with E-state index >= 15 is 13.6 Å². The van der Waals surface area contributed by atoms with E-state index in [1.54, 1.807) is 12.1 Å². The zero-order valence-electron chi connectivity index (χ0n) is 34.0. The van der Waals surface area contributed by atoms with Gasteiger partial charge in [-0.1, -0.05) is 31.5 Å². The number of alkyl halides is 4. The maximum Gasteiger partial charge on any atom is 0.293 e. The van der Waals surface area contributed by atoms with Crippen molar-refractivity contribution in [2.45, 2.75) is 63.5 Å². The van der Waals surface area contributed by atoms with E-state index in [1.807, 2.05) is 13.8 Å². The van der Waals surface area contributed by atoms with Crippen LogP contribution in [0.4, 0.5) is 32.2 Å². The van der Waals surface area contributed by atoms with Crippen molar-refractivity contribution in [1.82, 2.24) is 44.4 Å². The lowest BCUT2D eigenvalue weighted by Gasteiger charge is -2.24. The fraction of sp³-hybridized carbons (Fsp3) is 0.310. The summed E-state index contributed by atoms with van der Waals surface area (Å²) in [6, 6.07) is 8.58. The molecule has 1 fully saturated rings. The van der Waals surface area contributed by atoms with E-state index in [0.717, 1.165) is 23.0 Å². The molecule has 0 saturated heterocycles. The van der Waals surface area contributed by atoms with Crippen molar-refractivity contribution in [3.8, 4) is 16.9 Å². The molecule has 3 atom stereocenters. The Kier molecular flexibility index (Phi) is 10.3. The normalized spacial score (nSPS) is 17.0. The minimum atomic E-state index is -3.92. The largest absolute Gasteiger partial charge is 0.344 e. The van der Waals surface area contributed by atoms with E-state index in [0.29, 0.717) is 27.7 Å². The lowest BCUT2D eigenvalue weighted by molar-refractivity contribution is -0.123. The molecular weight excluding hydrogens is 890 g/mol. The van der Waals surface area contributed by atoms with Gasteiger partial charge in [0.15, 0.2) is 5.82 Å². The molecule has 0 bridgehead atoms. The Hall–Kier alpha value is -6.35. The van der Waals surface area contributed by atoms with Crippen molar-refractivity contribution in [3.63, 3.8) is 0 Å². The first-order valence-electron chi connectivity index (χ1n) is 19.7. The summed E-state index contributed by atoms with van der Waals surface area (Å²) < 4.78 is 119. The average molecular weight is 925 g/mol. The van der Waals surface area contributed by atoms with Gasteiger partial charge in [0.2, 0.25) is 15.9 Å². The van der Waals surface area contributed by atoms with Crippen LogP contribution in [-0.4, -0.2) is 59.7 Å². The highest BCUT2D eigenvalue weighted by Crippen LogP contribution is 2.68. The van der Waals surface area contributed by atoms with Crippen molar-refractivity contribution in [1.29, 1.82) is 0 Å². The summed E-state index contributed by atoms with van der Waals surface area (Å²) in [5.74, 6) is -9.13. The number of sulfonamides is 1. The molecule has 1 amide bonds. The predicted octanol–water partition coefficient (Wildman–Crippen LogP) is 7.60. The van der Waals surface area contributed by atoms with Crippen LogP contribution < -0.4 is 15.6 Å². The third-order valence-electron chi connectivity index (χ3n) is 11.4. The van der Waals surface area contributed by atoms with Gasteiger partial charge in [0.25, 0.3) is 17.9 Å². The van der Waals surface area contributed by atoms with Gasteiger partial charge in [-0.2, -0.15) is 19.0 Å². The van der Waals surface area contributed by atoms with Gasteiger partial charge in [0.05, 0.1) is 56.2 Å². The summed E-state index contributed by atoms with van der Waals surface area (Å²) in [5.41, 5.74) is -0.900. The van der Waals surface area contributed by atoms with E-state index in [4.69, 9.17) is 16.6 Å². The number of nitrogens with zero attached hydrogens (tertiary/aromatic N) is 8. The third-order valence-corrected chi connectivity index (χ3v) is 12.2. The van der Waals surface area contributed by atoms with Crippen LogP contribution in [-0.2, 0) is 40.8 Å². The Bertz CT molecular complexity index is 3250. The number of halogens is 7. The monoisotopic (exact) mass is 924 g/mol. The van der Waals surface area contributed by atoms with E-state index in [9.17, 15) is 30.8 Å². The fourth-order valence-corrected chi connectivity index (χ4v) is 9.46. The highest BCUT2D eigenvalue weighted by atomic mass is 35.5. The molecule has 2 N–H and O–H groups in total. The summed E-state index contributed by atoms with van der Waals surface area (Å²) >= 11 is 6.65. The molecule has 0 aliphatic heterocycles. The molecule has 4 aromatic heterocycles. The number of amides is 1. The number of aromatic nitrogens is 8. The summed E-state index contributed by atoms with van der Waals surface area (Å²) in [7, 11) is -2.46. The van der Waals surface area contributed by atoms with Gasteiger partial charge in [-0.15, -0.1) is 0 Å². The molecule has 2 aliphatic carbocycles. The SMILES string of the molecule is CC(C)c1nccnc1-c1ccc2c(=O)n(-c3ccc(Cl)c4c(NS(C)(=O)=O)nn(C)c34)c([C@H](Cc3cc(F)cc(F)c3)NC(=O)Cn3nc(C(F)F)c4c3C(F)(F)[C@@H]3C[C@H]43)nc2c1. The maximum absolute atomic E-state index is 15.6. The number of hydrogen-bond acceptors (Lipinski definition) is 9. The van der Waals surface area contributed by atoms with Gasteiger partial charge in [-0.3, -0.25) is 38.2 Å². The molecule has 14 nitrogen and oxygen atoms in total. The molecule has 0 spiro atoms. The summed E-state index contributed by atoms with van der Waals surface area (Å²) in [6.07, 6.45) is 0.250. The molecule has 0 unspecified atom stereocenters. The minimum absolute atomic E-state index is 0.00712. The number of nitrogens with one attached hydrogen (secondary N) is 2. The molecular formula is C42H35ClF6N10O4S. The first-order chi connectivity index (χ1) is 30.2. The number of benzene rings is 3. The van der Waals surface area contributed by atoms with Crippen LogP contribution in [0, 0.1) is 17.6 Å². The van der Waals surface area contributed by atoms with Gasteiger partial charge >= 0.3 is 0 Å². The Morgan fingerprint density at radius 3 is 2.41 bits per heavy atom. The Morgan fingerprint density at radius 1 is 1.00 bits per heavy atom. The standard InChI is InChI=1S/C42H35ClF6N10O4S/c1-18(2)33-34(51-10-9-50-33)20-5-6-23-27(14-20)53-40(59(41(23)61)29-8-7-26(43)32-36(29)57(3)55-39(32)56-64(4,62)63)28(13-19-11-21(44)15-22(45)12-19)52-30(60)17-58-37-31(35(54-58)38(46)47)24-16-25(24)42(37,48)49/h5-12,14-15,18,24-25,28,38H,13,16-17H2,1-4H3,(H,52,60)(H,55,56)/t24-,25+,28-/m0/s1. The minimum Gasteiger partial charge on any atom is -0.344 e. The number of hydrogen-bond donors (Lipinski definition) is 2. The quantitative estimate of drug-likeness (QED) is 0.117. The Balaban J connectivity index is 1.27. The fourth-order valence-electron chi connectivity index (χ4n) is 8.72. The third kappa shape index (κ3) is 7.42. The van der Waals surface area contributed by atoms with Crippen LogP contribution in [0.3, 0.4) is 0 Å². The molecule has 7 aromatic rings. The van der Waals surface area contributed by atoms with Crippen molar-refractivity contribution in [3.05, 3.63) is 122 Å². The number of anilines is 1. The molecule has 4 heterocycles. The lowest BCUT2D eigenvalue weighted by Crippen LogP contribution is -2.38. The number of rotatable bonds is 12. The van der Waals surface area contributed by atoms with Crippen molar-refractivity contribution in [2.24, 2.45) is 13.0 Å². The first-order valence-corrected chi connectivity index (χ1v) is 22.0. The lowest BCUT2D eigenvalue weighted by atomic mass is 10.0. The van der Waals surface area contributed by atoms with Gasteiger partial charge in [-0.05, 0) is 60.2 Å². The van der Waals surface area contributed by atoms with Gasteiger partial charge in [-0.25, -0.2) is 31.0 Å². The summed E-state index contributed by atoms with van der Waals surface area (Å²) in [6.45, 7) is 2.85. The second kappa shape index (κ2) is 15.4. The number of carbonyl (C=O) groups is 1. The predicted molar refractivity (Wildman–Crippen MR) is 223 cm³/mol. The highest BCUT2D eigenvalue weighted by molar-refractivity contribution is 7.92. The maximum atomic E-state index is 15.6. The van der Waals surface area contributed by atoms with E-state index in [1.165, 1.54) is 42.3 Å². The number of fused-ring (bicyclic) bond motifs is 5. The van der Waals surface area contributed by atoms with Crippen molar-refractivity contribution < 1.29 is 39.6 Å². The van der Waals surface area contributed by atoms with E-state index < -0.39 is 87.7 Å². The summed E-state index contributed by atoms with van der Waals surface area (Å²) in [4.78, 5) is 43.2. The van der Waals surface area contributed by atoms with E-state index in [-0.39, 0.29) is 67.6 Å². The summed E-state index contributed by atoms with van der Waals surface area (Å²) in [5, 5.41) is 10.9.